The standard InChI is InChI=1S/C24H29ClN2O2/c1-2-23(28)27(17-19-11-8-12-20(25)15-19)22(16-18-9-4-3-5-10-18)24(29)26-21-13-6-7-14-21/h3-5,8-12,15,21-22H,2,6-7,13-14,16-17H2,1H3,(H,26,29)/t22-/m1/s1. The van der Waals surface area contributed by atoms with Crippen molar-refractivity contribution in [3.05, 3.63) is 70.7 Å². The van der Waals surface area contributed by atoms with E-state index in [4.69, 9.17) is 11.6 Å². The molecule has 2 aromatic rings. The van der Waals surface area contributed by atoms with Crippen molar-refractivity contribution in [2.45, 2.75) is 64.1 Å². The van der Waals surface area contributed by atoms with Crippen molar-refractivity contribution in [1.29, 1.82) is 0 Å². The molecule has 0 aliphatic heterocycles. The van der Waals surface area contributed by atoms with Crippen molar-refractivity contribution in [2.24, 2.45) is 0 Å². The molecule has 0 aromatic heterocycles. The zero-order chi connectivity index (χ0) is 20.6. The van der Waals surface area contributed by atoms with E-state index in [-0.39, 0.29) is 17.9 Å². The summed E-state index contributed by atoms with van der Waals surface area (Å²) in [6, 6.07) is 17.0. The lowest BCUT2D eigenvalue weighted by Crippen LogP contribution is -2.52. The Morgan fingerprint density at radius 3 is 2.41 bits per heavy atom. The molecule has 0 spiro atoms. The topological polar surface area (TPSA) is 49.4 Å². The molecule has 3 rings (SSSR count). The molecule has 1 fully saturated rings. The molecule has 154 valence electrons. The molecule has 0 saturated heterocycles. The van der Waals surface area contributed by atoms with E-state index in [0.29, 0.717) is 24.4 Å². The molecule has 4 nitrogen and oxygen atoms in total. The summed E-state index contributed by atoms with van der Waals surface area (Å²) in [5.41, 5.74) is 1.96. The SMILES string of the molecule is CCC(=O)N(Cc1cccc(Cl)c1)[C@H](Cc1ccccc1)C(=O)NC1CCCC1. The van der Waals surface area contributed by atoms with Crippen LogP contribution >= 0.6 is 11.6 Å². The number of halogens is 1. The highest BCUT2D eigenvalue weighted by atomic mass is 35.5. The van der Waals surface area contributed by atoms with Gasteiger partial charge in [-0.3, -0.25) is 9.59 Å². The zero-order valence-corrected chi connectivity index (χ0v) is 17.7. The summed E-state index contributed by atoms with van der Waals surface area (Å²) < 4.78 is 0. The van der Waals surface area contributed by atoms with Crippen molar-refractivity contribution < 1.29 is 9.59 Å². The van der Waals surface area contributed by atoms with Gasteiger partial charge in [0.15, 0.2) is 0 Å². The molecule has 1 aliphatic rings. The Morgan fingerprint density at radius 1 is 1.07 bits per heavy atom. The predicted octanol–water partition coefficient (Wildman–Crippen LogP) is 4.75. The van der Waals surface area contributed by atoms with Crippen LogP contribution < -0.4 is 5.32 Å². The molecular formula is C24H29ClN2O2. The molecule has 1 N–H and O–H groups in total. The second kappa shape index (κ2) is 10.4. The minimum Gasteiger partial charge on any atom is -0.352 e. The number of benzene rings is 2. The molecule has 0 radical (unpaired) electrons. The van der Waals surface area contributed by atoms with E-state index >= 15 is 0 Å². The maximum absolute atomic E-state index is 13.3. The van der Waals surface area contributed by atoms with E-state index in [0.717, 1.165) is 36.8 Å². The van der Waals surface area contributed by atoms with Gasteiger partial charge in [0.1, 0.15) is 6.04 Å². The van der Waals surface area contributed by atoms with Gasteiger partial charge in [-0.25, -0.2) is 0 Å². The summed E-state index contributed by atoms with van der Waals surface area (Å²) in [5.74, 6) is -0.0999. The van der Waals surface area contributed by atoms with Gasteiger partial charge in [0.05, 0.1) is 0 Å². The number of hydrogen-bond acceptors (Lipinski definition) is 2. The van der Waals surface area contributed by atoms with Crippen molar-refractivity contribution in [3.8, 4) is 0 Å². The molecule has 29 heavy (non-hydrogen) atoms. The number of hydrogen-bond donors (Lipinski definition) is 1. The van der Waals surface area contributed by atoms with Gasteiger partial charge in [0.2, 0.25) is 11.8 Å². The predicted molar refractivity (Wildman–Crippen MR) is 117 cm³/mol. The van der Waals surface area contributed by atoms with Crippen molar-refractivity contribution in [2.75, 3.05) is 0 Å². The Labute approximate surface area is 178 Å². The van der Waals surface area contributed by atoms with Crippen LogP contribution in [0.3, 0.4) is 0 Å². The van der Waals surface area contributed by atoms with Crippen LogP contribution in [-0.2, 0) is 22.6 Å². The maximum Gasteiger partial charge on any atom is 0.243 e. The highest BCUT2D eigenvalue weighted by Gasteiger charge is 2.31. The van der Waals surface area contributed by atoms with Gasteiger partial charge < -0.3 is 10.2 Å². The van der Waals surface area contributed by atoms with Crippen LogP contribution in [0.5, 0.6) is 0 Å². The van der Waals surface area contributed by atoms with Crippen LogP contribution in [0.4, 0.5) is 0 Å². The van der Waals surface area contributed by atoms with E-state index in [9.17, 15) is 9.59 Å². The summed E-state index contributed by atoms with van der Waals surface area (Å²) in [4.78, 5) is 27.9. The Hall–Kier alpha value is -2.33. The Balaban J connectivity index is 1.87. The van der Waals surface area contributed by atoms with E-state index in [1.807, 2.05) is 61.5 Å². The number of carbonyl (C=O) groups is 2. The first-order valence-corrected chi connectivity index (χ1v) is 10.8. The minimum atomic E-state index is -0.551. The quantitative estimate of drug-likeness (QED) is 0.680. The lowest BCUT2D eigenvalue weighted by Gasteiger charge is -2.32. The highest BCUT2D eigenvalue weighted by Crippen LogP contribution is 2.21. The van der Waals surface area contributed by atoms with Crippen LogP contribution in [-0.4, -0.2) is 28.8 Å². The third kappa shape index (κ3) is 6.07. The van der Waals surface area contributed by atoms with Crippen molar-refractivity contribution in [3.63, 3.8) is 0 Å². The van der Waals surface area contributed by atoms with Crippen LogP contribution in [0.1, 0.15) is 50.2 Å². The van der Waals surface area contributed by atoms with Crippen LogP contribution in [0.25, 0.3) is 0 Å². The van der Waals surface area contributed by atoms with Gasteiger partial charge in [0.25, 0.3) is 0 Å². The van der Waals surface area contributed by atoms with E-state index < -0.39 is 6.04 Å². The van der Waals surface area contributed by atoms with E-state index in [2.05, 4.69) is 5.32 Å². The molecule has 0 bridgehead atoms. The minimum absolute atomic E-state index is 0.0347. The second-order valence-corrected chi connectivity index (χ2v) is 8.14. The number of rotatable bonds is 8. The normalized spacial score (nSPS) is 15.1. The molecule has 5 heteroatoms. The zero-order valence-electron chi connectivity index (χ0n) is 16.9. The molecule has 2 aromatic carbocycles. The molecular weight excluding hydrogens is 384 g/mol. The van der Waals surface area contributed by atoms with Crippen molar-refractivity contribution in [1.82, 2.24) is 10.2 Å². The number of nitrogens with zero attached hydrogens (tertiary/aromatic N) is 1. The summed E-state index contributed by atoms with van der Waals surface area (Å²) in [6.45, 7) is 2.20. The first-order chi connectivity index (χ1) is 14.1. The Bertz CT molecular complexity index is 819. The molecule has 0 heterocycles. The molecule has 1 atom stereocenters. The molecule has 2 amide bonds. The second-order valence-electron chi connectivity index (χ2n) is 7.70. The summed E-state index contributed by atoms with van der Waals surface area (Å²) >= 11 is 6.14. The average molecular weight is 413 g/mol. The van der Waals surface area contributed by atoms with Crippen LogP contribution in [0.2, 0.25) is 5.02 Å². The summed E-state index contributed by atoms with van der Waals surface area (Å²) in [6.07, 6.45) is 5.16. The van der Waals surface area contributed by atoms with Gasteiger partial charge >= 0.3 is 0 Å². The van der Waals surface area contributed by atoms with Crippen LogP contribution in [0.15, 0.2) is 54.6 Å². The summed E-state index contributed by atoms with van der Waals surface area (Å²) in [7, 11) is 0. The molecule has 1 aliphatic carbocycles. The Kier molecular flexibility index (Phi) is 7.70. The van der Waals surface area contributed by atoms with Gasteiger partial charge in [-0.05, 0) is 36.1 Å². The fourth-order valence-electron chi connectivity index (χ4n) is 3.96. The molecule has 1 saturated carbocycles. The first kappa shape index (κ1) is 21.4. The lowest BCUT2D eigenvalue weighted by atomic mass is 10.0. The first-order valence-electron chi connectivity index (χ1n) is 10.4. The highest BCUT2D eigenvalue weighted by molar-refractivity contribution is 6.30. The van der Waals surface area contributed by atoms with Crippen LogP contribution in [0, 0.1) is 0 Å². The number of amides is 2. The largest absolute Gasteiger partial charge is 0.352 e. The monoisotopic (exact) mass is 412 g/mol. The number of nitrogens with one attached hydrogen (secondary N) is 1. The van der Waals surface area contributed by atoms with Gasteiger partial charge in [-0.15, -0.1) is 0 Å². The summed E-state index contributed by atoms with van der Waals surface area (Å²) in [5, 5.41) is 3.82. The van der Waals surface area contributed by atoms with Crippen molar-refractivity contribution >= 4 is 23.4 Å². The van der Waals surface area contributed by atoms with Gasteiger partial charge in [-0.1, -0.05) is 73.8 Å². The lowest BCUT2D eigenvalue weighted by molar-refractivity contribution is -0.141. The van der Waals surface area contributed by atoms with Gasteiger partial charge in [0, 0.05) is 30.5 Å². The Morgan fingerprint density at radius 2 is 1.76 bits per heavy atom. The third-order valence-electron chi connectivity index (χ3n) is 5.52. The smallest absolute Gasteiger partial charge is 0.243 e. The van der Waals surface area contributed by atoms with E-state index in [1.165, 1.54) is 0 Å². The maximum atomic E-state index is 13.3. The number of carbonyl (C=O) groups excluding carboxylic acids is 2. The van der Waals surface area contributed by atoms with E-state index in [1.54, 1.807) is 4.90 Å². The average Bonchev–Trinajstić information content (AvgIpc) is 3.24. The molecule has 0 unspecified atom stereocenters. The fraction of sp³-hybridized carbons (Fsp3) is 0.417. The van der Waals surface area contributed by atoms with Gasteiger partial charge in [-0.2, -0.15) is 0 Å². The fourth-order valence-corrected chi connectivity index (χ4v) is 4.17. The third-order valence-corrected chi connectivity index (χ3v) is 5.75.